The van der Waals surface area contributed by atoms with Gasteiger partial charge in [0.15, 0.2) is 0 Å². The summed E-state index contributed by atoms with van der Waals surface area (Å²) in [4.78, 5) is 41.4. The van der Waals surface area contributed by atoms with E-state index in [1.807, 2.05) is 6.92 Å². The van der Waals surface area contributed by atoms with Crippen LogP contribution in [-0.4, -0.2) is 79.7 Å². The molecule has 1 heterocycles. The molecule has 39 heavy (non-hydrogen) atoms. The quantitative estimate of drug-likeness (QED) is 0.569. The predicted molar refractivity (Wildman–Crippen MR) is 135 cm³/mol. The van der Waals surface area contributed by atoms with E-state index in [9.17, 15) is 31.9 Å². The maximum absolute atomic E-state index is 14.5. The van der Waals surface area contributed by atoms with Gasteiger partial charge < -0.3 is 24.6 Å². The van der Waals surface area contributed by atoms with Gasteiger partial charge in [-0.25, -0.2) is 4.39 Å². The molecule has 0 radical (unpaired) electrons. The van der Waals surface area contributed by atoms with Crippen LogP contribution in [0.5, 0.6) is 5.75 Å². The Morgan fingerprint density at radius 2 is 1.82 bits per heavy atom. The Balaban J connectivity index is 1.97. The third kappa shape index (κ3) is 7.69. The number of ether oxygens (including phenoxy) is 2. The molecule has 3 amide bonds. The van der Waals surface area contributed by atoms with Crippen molar-refractivity contribution in [2.24, 2.45) is 5.92 Å². The number of alkyl halides is 3. The molecule has 1 N–H and O–H groups in total. The van der Waals surface area contributed by atoms with Gasteiger partial charge in [-0.05, 0) is 37.3 Å². The number of carbonyl (C=O) groups is 3. The largest absolute Gasteiger partial charge is 0.491 e. The van der Waals surface area contributed by atoms with E-state index in [0.717, 1.165) is 0 Å². The Morgan fingerprint density at radius 3 is 2.46 bits per heavy atom. The molecular weight excluding hydrogens is 522 g/mol. The first-order valence-electron chi connectivity index (χ1n) is 12.3. The number of nitrogens with one attached hydrogen (secondary N) is 1. The van der Waals surface area contributed by atoms with Crippen molar-refractivity contribution in [3.05, 3.63) is 59.4 Å². The molecule has 0 aromatic heterocycles. The van der Waals surface area contributed by atoms with Gasteiger partial charge in [0.25, 0.3) is 11.8 Å². The van der Waals surface area contributed by atoms with Gasteiger partial charge in [-0.15, -0.1) is 0 Å². The Kier molecular flexibility index (Phi) is 9.54. The normalized spacial score (nSPS) is 20.8. The minimum atomic E-state index is -4.69. The first-order valence-corrected chi connectivity index (χ1v) is 12.3. The summed E-state index contributed by atoms with van der Waals surface area (Å²) in [6.45, 7) is 3.79. The first-order chi connectivity index (χ1) is 18.3. The zero-order valence-electron chi connectivity index (χ0n) is 22.0. The summed E-state index contributed by atoms with van der Waals surface area (Å²) in [6.07, 6.45) is -6.88. The van der Waals surface area contributed by atoms with Crippen LogP contribution in [0.3, 0.4) is 0 Å². The van der Waals surface area contributed by atoms with Gasteiger partial charge in [-0.1, -0.05) is 19.1 Å². The fourth-order valence-electron chi connectivity index (χ4n) is 4.31. The summed E-state index contributed by atoms with van der Waals surface area (Å²) in [6, 6.07) is 9.01. The maximum Gasteiger partial charge on any atom is 0.397 e. The summed E-state index contributed by atoms with van der Waals surface area (Å²) < 4.78 is 63.8. The lowest BCUT2D eigenvalue weighted by atomic mass is 10.0. The van der Waals surface area contributed by atoms with E-state index < -0.39 is 48.3 Å². The van der Waals surface area contributed by atoms with Crippen LogP contribution >= 0.6 is 0 Å². The molecule has 3 rings (SSSR count). The number of likely N-dealkylation sites (N-methyl/N-ethyl adjacent to an activating group) is 1. The van der Waals surface area contributed by atoms with Crippen molar-refractivity contribution < 1.29 is 41.4 Å². The van der Waals surface area contributed by atoms with Crippen molar-refractivity contribution in [2.45, 2.75) is 38.6 Å². The molecule has 2 aromatic rings. The molecule has 12 heteroatoms. The smallest absolute Gasteiger partial charge is 0.397 e. The van der Waals surface area contributed by atoms with Crippen LogP contribution < -0.4 is 10.1 Å². The first kappa shape index (κ1) is 29.9. The van der Waals surface area contributed by atoms with E-state index >= 15 is 0 Å². The lowest BCUT2D eigenvalue weighted by molar-refractivity contribution is -0.150. The van der Waals surface area contributed by atoms with Crippen LogP contribution in [0.25, 0.3) is 0 Å². The molecule has 0 aliphatic carbocycles. The molecule has 2 aromatic carbocycles. The average molecular weight is 554 g/mol. The molecule has 0 spiro atoms. The second kappa shape index (κ2) is 12.5. The molecule has 1 aliphatic rings. The summed E-state index contributed by atoms with van der Waals surface area (Å²) >= 11 is 0. The highest BCUT2D eigenvalue weighted by molar-refractivity contribution is 5.99. The molecule has 0 fully saturated rings. The second-order valence-electron chi connectivity index (χ2n) is 9.59. The summed E-state index contributed by atoms with van der Waals surface area (Å²) in [5.74, 6) is -3.15. The molecule has 1 aliphatic heterocycles. The van der Waals surface area contributed by atoms with Gasteiger partial charge in [0.2, 0.25) is 5.91 Å². The van der Waals surface area contributed by atoms with Gasteiger partial charge in [0.05, 0.1) is 23.3 Å². The Morgan fingerprint density at radius 1 is 1.13 bits per heavy atom. The van der Waals surface area contributed by atoms with E-state index in [1.165, 1.54) is 60.4 Å². The molecule has 3 atom stereocenters. The number of nitrogens with zero attached hydrogens (tertiary/aromatic N) is 2. The minimum Gasteiger partial charge on any atom is -0.491 e. The van der Waals surface area contributed by atoms with Crippen LogP contribution in [0, 0.1) is 11.7 Å². The third-order valence-electron chi connectivity index (χ3n) is 6.45. The summed E-state index contributed by atoms with van der Waals surface area (Å²) in [7, 11) is 3.00. The van der Waals surface area contributed by atoms with Crippen molar-refractivity contribution in [3.8, 4) is 5.75 Å². The predicted octanol–water partition coefficient (Wildman–Crippen LogP) is 4.36. The van der Waals surface area contributed by atoms with E-state index in [0.29, 0.717) is 0 Å². The van der Waals surface area contributed by atoms with Crippen molar-refractivity contribution in [2.75, 3.05) is 39.2 Å². The molecule has 0 saturated heterocycles. The summed E-state index contributed by atoms with van der Waals surface area (Å²) in [5, 5.41) is 2.15. The zero-order chi connectivity index (χ0) is 28.9. The number of carbonyl (C=O) groups excluding carboxylic acids is 3. The molecular formula is C27H31F4N3O5. The molecule has 0 bridgehead atoms. The third-order valence-corrected chi connectivity index (χ3v) is 6.45. The Hall–Kier alpha value is -3.67. The molecule has 0 saturated carbocycles. The van der Waals surface area contributed by atoms with Crippen molar-refractivity contribution >= 4 is 23.4 Å². The van der Waals surface area contributed by atoms with Gasteiger partial charge in [0.1, 0.15) is 24.6 Å². The molecule has 212 valence electrons. The number of hydrogen-bond donors (Lipinski definition) is 1. The number of hydrogen-bond acceptors (Lipinski definition) is 5. The Labute approximate surface area is 223 Å². The van der Waals surface area contributed by atoms with Crippen LogP contribution in [-0.2, 0) is 9.53 Å². The summed E-state index contributed by atoms with van der Waals surface area (Å²) in [5.41, 5.74) is -0.101. The highest BCUT2D eigenvalue weighted by Crippen LogP contribution is 2.28. The second-order valence-corrected chi connectivity index (χ2v) is 9.59. The minimum absolute atomic E-state index is 0.00423. The number of fused-ring (bicyclic) bond motifs is 1. The standard InChI is InChI=1S/C27H31F4N3O5/c1-16-13-34(26(37)19-7-5-6-8-21(19)28)17(2)15-39-22-10-9-18(32-24(35)12-27(29,30)31)11-20(22)25(36)33(3)14-23(16)38-4/h5-11,16-17,23H,12-15H2,1-4H3,(H,32,35)/t16-,17+,23+/m0/s1. The maximum atomic E-state index is 14.5. The van der Waals surface area contributed by atoms with Crippen molar-refractivity contribution in [3.63, 3.8) is 0 Å². The molecule has 8 nitrogen and oxygen atoms in total. The van der Waals surface area contributed by atoms with E-state index in [4.69, 9.17) is 9.47 Å². The number of benzene rings is 2. The van der Waals surface area contributed by atoms with E-state index in [2.05, 4.69) is 5.32 Å². The molecule has 0 unspecified atom stereocenters. The van der Waals surface area contributed by atoms with Crippen LogP contribution in [0.15, 0.2) is 42.5 Å². The zero-order valence-corrected chi connectivity index (χ0v) is 22.0. The van der Waals surface area contributed by atoms with Crippen LogP contribution in [0.2, 0.25) is 0 Å². The van der Waals surface area contributed by atoms with Crippen molar-refractivity contribution in [1.82, 2.24) is 9.80 Å². The van der Waals surface area contributed by atoms with Crippen LogP contribution in [0.1, 0.15) is 41.0 Å². The monoisotopic (exact) mass is 553 g/mol. The highest BCUT2D eigenvalue weighted by Gasteiger charge is 2.33. The van der Waals surface area contributed by atoms with Gasteiger partial charge in [0, 0.05) is 38.9 Å². The lowest BCUT2D eigenvalue weighted by Gasteiger charge is -2.36. The SMILES string of the molecule is CO[C@@H]1CN(C)C(=O)c2cc(NC(=O)CC(F)(F)F)ccc2OC[C@@H](C)N(C(=O)c2ccccc2F)C[C@@H]1C. The fraction of sp³-hybridized carbons (Fsp3) is 0.444. The number of methoxy groups -OCH3 is 1. The van der Waals surface area contributed by atoms with Gasteiger partial charge >= 0.3 is 6.18 Å². The highest BCUT2D eigenvalue weighted by atomic mass is 19.4. The number of rotatable bonds is 4. The van der Waals surface area contributed by atoms with E-state index in [-0.39, 0.29) is 48.2 Å². The van der Waals surface area contributed by atoms with Gasteiger partial charge in [-0.3, -0.25) is 14.4 Å². The Bertz CT molecular complexity index is 1210. The van der Waals surface area contributed by atoms with Crippen LogP contribution in [0.4, 0.5) is 23.2 Å². The topological polar surface area (TPSA) is 88.2 Å². The average Bonchev–Trinajstić information content (AvgIpc) is 2.86. The fourth-order valence-corrected chi connectivity index (χ4v) is 4.31. The number of amides is 3. The van der Waals surface area contributed by atoms with E-state index in [1.54, 1.807) is 13.0 Å². The van der Waals surface area contributed by atoms with Crippen molar-refractivity contribution in [1.29, 1.82) is 0 Å². The lowest BCUT2D eigenvalue weighted by Crippen LogP contribution is -2.48. The number of halogens is 4. The van der Waals surface area contributed by atoms with Gasteiger partial charge in [-0.2, -0.15) is 13.2 Å². The number of anilines is 1.